The molecule has 0 fully saturated rings. The van der Waals surface area contributed by atoms with Gasteiger partial charge < -0.3 is 16.2 Å². The molecule has 5 heteroatoms. The van der Waals surface area contributed by atoms with E-state index in [1.165, 1.54) is 16.9 Å². The number of aryl methyl sites for hydroxylation is 1. The molecule has 0 saturated heterocycles. The molecule has 0 aromatic heterocycles. The van der Waals surface area contributed by atoms with Crippen molar-refractivity contribution < 1.29 is 9.90 Å². The van der Waals surface area contributed by atoms with E-state index >= 15 is 0 Å². The highest BCUT2D eigenvalue weighted by Crippen LogP contribution is 2.31. The van der Waals surface area contributed by atoms with E-state index in [1.807, 2.05) is 30.0 Å². The van der Waals surface area contributed by atoms with Crippen LogP contribution in [0.25, 0.3) is 0 Å². The molecule has 4 N–H and O–H groups in total. The minimum atomic E-state index is -1.14. The number of carbonyl (C=O) groups is 1. The largest absolute Gasteiger partial charge is 0.382 e. The second-order valence-electron chi connectivity index (χ2n) is 4.02. The van der Waals surface area contributed by atoms with Crippen molar-refractivity contribution in [3.8, 4) is 0 Å². The van der Waals surface area contributed by atoms with Crippen LogP contribution in [0, 0.1) is 0 Å². The molecule has 1 unspecified atom stereocenters. The molecule has 0 aliphatic carbocycles. The van der Waals surface area contributed by atoms with Crippen molar-refractivity contribution in [2.45, 2.75) is 23.8 Å². The summed E-state index contributed by atoms with van der Waals surface area (Å²) in [5.41, 5.74) is 7.21. The Morgan fingerprint density at radius 2 is 2.41 bits per heavy atom. The SMILES string of the molecule is NCC(O)C(=O)Nc1ccc2c(c1)CCCS2. The topological polar surface area (TPSA) is 75.3 Å². The van der Waals surface area contributed by atoms with Gasteiger partial charge in [0.15, 0.2) is 0 Å². The third-order valence-electron chi connectivity index (χ3n) is 2.70. The second-order valence-corrected chi connectivity index (χ2v) is 5.15. The summed E-state index contributed by atoms with van der Waals surface area (Å²) < 4.78 is 0. The van der Waals surface area contributed by atoms with Crippen LogP contribution in [0.5, 0.6) is 0 Å². The van der Waals surface area contributed by atoms with Crippen LogP contribution >= 0.6 is 11.8 Å². The summed E-state index contributed by atoms with van der Waals surface area (Å²) in [6.45, 7) is -0.0629. The predicted octanol–water partition coefficient (Wildman–Crippen LogP) is 0.983. The monoisotopic (exact) mass is 252 g/mol. The summed E-state index contributed by atoms with van der Waals surface area (Å²) in [4.78, 5) is 12.8. The van der Waals surface area contributed by atoms with Gasteiger partial charge in [0.2, 0.25) is 0 Å². The molecule has 4 nitrogen and oxygen atoms in total. The number of amides is 1. The minimum absolute atomic E-state index is 0.0629. The van der Waals surface area contributed by atoms with Gasteiger partial charge in [0, 0.05) is 17.1 Å². The molecule has 0 saturated carbocycles. The van der Waals surface area contributed by atoms with Crippen molar-refractivity contribution in [3.63, 3.8) is 0 Å². The number of rotatable bonds is 3. The Hall–Kier alpha value is -1.04. The first-order chi connectivity index (χ1) is 8.20. The lowest BCUT2D eigenvalue weighted by atomic mass is 10.1. The van der Waals surface area contributed by atoms with Gasteiger partial charge in [0.05, 0.1) is 0 Å². The van der Waals surface area contributed by atoms with E-state index in [-0.39, 0.29) is 6.54 Å². The van der Waals surface area contributed by atoms with Crippen LogP contribution in [0.15, 0.2) is 23.1 Å². The number of fused-ring (bicyclic) bond motifs is 1. The van der Waals surface area contributed by atoms with E-state index in [2.05, 4.69) is 5.32 Å². The third kappa shape index (κ3) is 3.00. The average molecular weight is 252 g/mol. The van der Waals surface area contributed by atoms with E-state index in [0.29, 0.717) is 0 Å². The van der Waals surface area contributed by atoms with E-state index in [0.717, 1.165) is 17.9 Å². The van der Waals surface area contributed by atoms with E-state index in [4.69, 9.17) is 5.73 Å². The number of anilines is 1. The molecule has 0 bridgehead atoms. The van der Waals surface area contributed by atoms with Gasteiger partial charge in [-0.15, -0.1) is 11.8 Å². The van der Waals surface area contributed by atoms with E-state index < -0.39 is 12.0 Å². The smallest absolute Gasteiger partial charge is 0.254 e. The molecule has 92 valence electrons. The fraction of sp³-hybridized carbons (Fsp3) is 0.417. The van der Waals surface area contributed by atoms with Crippen molar-refractivity contribution in [2.24, 2.45) is 5.73 Å². The fourth-order valence-corrected chi connectivity index (χ4v) is 2.79. The van der Waals surface area contributed by atoms with Crippen molar-refractivity contribution in [1.82, 2.24) is 0 Å². The zero-order valence-electron chi connectivity index (χ0n) is 9.48. The molecular weight excluding hydrogens is 236 g/mol. The number of nitrogens with one attached hydrogen (secondary N) is 1. The molecule has 1 aliphatic heterocycles. The molecule has 1 amide bonds. The first kappa shape index (κ1) is 12.4. The number of carbonyl (C=O) groups excluding carboxylic acids is 1. The molecule has 0 radical (unpaired) electrons. The van der Waals surface area contributed by atoms with Gasteiger partial charge in [-0.25, -0.2) is 0 Å². The summed E-state index contributed by atoms with van der Waals surface area (Å²) >= 11 is 1.85. The molecule has 1 aromatic rings. The van der Waals surface area contributed by atoms with Crippen LogP contribution in [0.2, 0.25) is 0 Å². The van der Waals surface area contributed by atoms with Gasteiger partial charge in [-0.3, -0.25) is 4.79 Å². The highest BCUT2D eigenvalue weighted by atomic mass is 32.2. The first-order valence-electron chi connectivity index (χ1n) is 5.65. The van der Waals surface area contributed by atoms with Gasteiger partial charge >= 0.3 is 0 Å². The van der Waals surface area contributed by atoms with E-state index in [9.17, 15) is 9.90 Å². The number of thioether (sulfide) groups is 1. The van der Waals surface area contributed by atoms with Crippen LogP contribution in [0.4, 0.5) is 5.69 Å². The molecular formula is C12H16N2O2S. The molecule has 0 spiro atoms. The van der Waals surface area contributed by atoms with Gasteiger partial charge in [-0.2, -0.15) is 0 Å². The van der Waals surface area contributed by atoms with Gasteiger partial charge in [0.1, 0.15) is 6.10 Å². The number of hydrogen-bond donors (Lipinski definition) is 3. The summed E-state index contributed by atoms with van der Waals surface area (Å²) in [5, 5.41) is 11.9. The molecule has 1 heterocycles. The number of aliphatic hydroxyl groups excluding tert-OH is 1. The molecule has 2 rings (SSSR count). The normalized spacial score (nSPS) is 16.1. The lowest BCUT2D eigenvalue weighted by Gasteiger charge is -2.17. The van der Waals surface area contributed by atoms with E-state index in [1.54, 1.807) is 0 Å². The maximum absolute atomic E-state index is 11.5. The Labute approximate surface area is 105 Å². The average Bonchev–Trinajstić information content (AvgIpc) is 2.37. The Balaban J connectivity index is 2.09. The summed E-state index contributed by atoms with van der Waals surface area (Å²) in [5.74, 6) is 0.709. The van der Waals surface area contributed by atoms with Crippen LogP contribution < -0.4 is 11.1 Å². The number of aliphatic hydroxyl groups is 1. The first-order valence-corrected chi connectivity index (χ1v) is 6.64. The number of hydrogen-bond acceptors (Lipinski definition) is 4. The quantitative estimate of drug-likeness (QED) is 0.749. The summed E-state index contributed by atoms with van der Waals surface area (Å²) in [7, 11) is 0. The van der Waals surface area contributed by atoms with Crippen molar-refractivity contribution >= 4 is 23.4 Å². The Kier molecular flexibility index (Phi) is 4.04. The highest BCUT2D eigenvalue weighted by molar-refractivity contribution is 7.99. The van der Waals surface area contributed by atoms with Crippen LogP contribution in [0.3, 0.4) is 0 Å². The lowest BCUT2D eigenvalue weighted by Crippen LogP contribution is -2.34. The van der Waals surface area contributed by atoms with Crippen molar-refractivity contribution in [2.75, 3.05) is 17.6 Å². The van der Waals surface area contributed by atoms with Crippen molar-refractivity contribution in [1.29, 1.82) is 0 Å². The van der Waals surface area contributed by atoms with Gasteiger partial charge in [-0.05, 0) is 42.4 Å². The summed E-state index contributed by atoms with van der Waals surface area (Å²) in [6.07, 6.45) is 1.08. The van der Waals surface area contributed by atoms with Crippen LogP contribution in [0.1, 0.15) is 12.0 Å². The molecule has 1 atom stereocenters. The van der Waals surface area contributed by atoms with Gasteiger partial charge in [-0.1, -0.05) is 0 Å². The molecule has 17 heavy (non-hydrogen) atoms. The lowest BCUT2D eigenvalue weighted by molar-refractivity contribution is -0.123. The standard InChI is InChI=1S/C12H16N2O2S/c13-7-10(15)12(16)14-9-3-4-11-8(6-9)2-1-5-17-11/h3-4,6,10,15H,1-2,5,7,13H2,(H,14,16). The van der Waals surface area contributed by atoms with Crippen molar-refractivity contribution in [3.05, 3.63) is 23.8 Å². The Bertz CT molecular complexity index is 423. The number of benzene rings is 1. The zero-order valence-corrected chi connectivity index (χ0v) is 10.3. The maximum Gasteiger partial charge on any atom is 0.254 e. The highest BCUT2D eigenvalue weighted by Gasteiger charge is 2.14. The van der Waals surface area contributed by atoms with Crippen LogP contribution in [-0.4, -0.2) is 29.4 Å². The maximum atomic E-state index is 11.5. The molecule has 1 aromatic carbocycles. The molecule has 1 aliphatic rings. The predicted molar refractivity (Wildman–Crippen MR) is 69.2 cm³/mol. The third-order valence-corrected chi connectivity index (χ3v) is 3.90. The fourth-order valence-electron chi connectivity index (χ4n) is 1.77. The number of nitrogens with two attached hydrogens (primary N) is 1. The van der Waals surface area contributed by atoms with Crippen LogP contribution in [-0.2, 0) is 11.2 Å². The summed E-state index contributed by atoms with van der Waals surface area (Å²) in [6, 6.07) is 5.85. The Morgan fingerprint density at radius 1 is 1.59 bits per heavy atom. The minimum Gasteiger partial charge on any atom is -0.382 e. The second kappa shape index (κ2) is 5.53. The van der Waals surface area contributed by atoms with Gasteiger partial charge in [0.25, 0.3) is 5.91 Å². The Morgan fingerprint density at radius 3 is 3.18 bits per heavy atom. The zero-order chi connectivity index (χ0) is 12.3.